The van der Waals surface area contributed by atoms with Crippen LogP contribution in [-0.4, -0.2) is 11.4 Å². The van der Waals surface area contributed by atoms with Gasteiger partial charge < -0.3 is 5.32 Å². The zero-order chi connectivity index (χ0) is 12.2. The number of allylic oxidation sites excluding steroid dienone is 5. The average molecular weight is 216 g/mol. The van der Waals surface area contributed by atoms with Gasteiger partial charge in [0.2, 0.25) is 0 Å². The summed E-state index contributed by atoms with van der Waals surface area (Å²) >= 11 is 0. The van der Waals surface area contributed by atoms with Crippen molar-refractivity contribution in [2.75, 3.05) is 0 Å². The highest BCUT2D eigenvalue weighted by Gasteiger charge is 2.28. The zero-order valence-corrected chi connectivity index (χ0v) is 10.5. The molecule has 0 radical (unpaired) electrons. The van der Waals surface area contributed by atoms with Crippen LogP contribution in [0.3, 0.4) is 0 Å². The van der Waals surface area contributed by atoms with E-state index in [0.717, 1.165) is 17.1 Å². The summed E-state index contributed by atoms with van der Waals surface area (Å²) in [6, 6.07) is 0. The van der Waals surface area contributed by atoms with Gasteiger partial charge in [-0.3, -0.25) is 4.99 Å². The van der Waals surface area contributed by atoms with Crippen LogP contribution < -0.4 is 5.32 Å². The first kappa shape index (κ1) is 12.5. The number of hydrogen-bond acceptors (Lipinski definition) is 2. The van der Waals surface area contributed by atoms with Crippen LogP contribution in [0.15, 0.2) is 53.2 Å². The standard InChI is InChI=1S/C14H20N2/c1-6-8-10-13-12(9-7-2)14(4,5)16-11(3)15-13/h6-10H,2H2,1,3-5H3,(H,15,16)/b8-6-,12-9+,13-10+. The summed E-state index contributed by atoms with van der Waals surface area (Å²) in [4.78, 5) is 4.60. The van der Waals surface area contributed by atoms with Crippen molar-refractivity contribution in [3.63, 3.8) is 0 Å². The smallest absolute Gasteiger partial charge is 0.0986 e. The predicted octanol–water partition coefficient (Wildman–Crippen LogP) is 3.36. The van der Waals surface area contributed by atoms with Crippen molar-refractivity contribution in [1.82, 2.24) is 5.32 Å². The zero-order valence-electron chi connectivity index (χ0n) is 10.5. The molecule has 86 valence electrons. The maximum absolute atomic E-state index is 4.60. The molecule has 0 aliphatic carbocycles. The highest BCUT2D eigenvalue weighted by atomic mass is 15.1. The van der Waals surface area contributed by atoms with Gasteiger partial charge >= 0.3 is 0 Å². The van der Waals surface area contributed by atoms with Crippen LogP contribution >= 0.6 is 0 Å². The lowest BCUT2D eigenvalue weighted by Crippen LogP contribution is -2.37. The topological polar surface area (TPSA) is 24.4 Å². The molecule has 0 aromatic heterocycles. The van der Waals surface area contributed by atoms with Crippen LogP contribution in [0.4, 0.5) is 0 Å². The predicted molar refractivity (Wildman–Crippen MR) is 71.5 cm³/mol. The van der Waals surface area contributed by atoms with Crippen LogP contribution in [0.25, 0.3) is 0 Å². The molecule has 2 heteroatoms. The Morgan fingerprint density at radius 3 is 2.56 bits per heavy atom. The number of nitrogens with one attached hydrogen (secondary N) is 1. The quantitative estimate of drug-likeness (QED) is 0.752. The second kappa shape index (κ2) is 4.97. The molecule has 0 unspecified atom stereocenters. The Morgan fingerprint density at radius 1 is 1.31 bits per heavy atom. The number of amidine groups is 1. The van der Waals surface area contributed by atoms with E-state index in [1.807, 2.05) is 32.1 Å². The largest absolute Gasteiger partial charge is 0.344 e. The summed E-state index contributed by atoms with van der Waals surface area (Å²) in [7, 11) is 0. The fourth-order valence-electron chi connectivity index (χ4n) is 1.83. The van der Waals surface area contributed by atoms with Gasteiger partial charge in [-0.25, -0.2) is 0 Å². The molecular weight excluding hydrogens is 196 g/mol. The Morgan fingerprint density at radius 2 is 2.00 bits per heavy atom. The van der Waals surface area contributed by atoms with Crippen LogP contribution in [0.1, 0.15) is 27.7 Å². The van der Waals surface area contributed by atoms with E-state index in [4.69, 9.17) is 0 Å². The summed E-state index contributed by atoms with van der Waals surface area (Å²) < 4.78 is 0. The van der Waals surface area contributed by atoms with Crippen LogP contribution in [0, 0.1) is 0 Å². The third kappa shape index (κ3) is 2.72. The third-order valence-corrected chi connectivity index (χ3v) is 2.45. The fraction of sp³-hybridized carbons (Fsp3) is 0.357. The second-order valence-corrected chi connectivity index (χ2v) is 4.30. The lowest BCUT2D eigenvalue weighted by Gasteiger charge is -2.32. The molecule has 0 atom stereocenters. The third-order valence-electron chi connectivity index (χ3n) is 2.45. The molecule has 0 saturated heterocycles. The van der Waals surface area contributed by atoms with Crippen LogP contribution in [-0.2, 0) is 0 Å². The summed E-state index contributed by atoms with van der Waals surface area (Å²) in [5, 5.41) is 3.29. The molecule has 0 fully saturated rings. The Kier molecular flexibility index (Phi) is 3.88. The first-order chi connectivity index (χ1) is 7.51. The summed E-state index contributed by atoms with van der Waals surface area (Å²) in [5.41, 5.74) is 2.05. The molecule has 0 bridgehead atoms. The Balaban J connectivity index is 3.24. The molecular formula is C14H20N2. The maximum atomic E-state index is 4.60. The van der Waals surface area contributed by atoms with Crippen molar-refractivity contribution in [2.45, 2.75) is 33.2 Å². The van der Waals surface area contributed by atoms with Crippen molar-refractivity contribution in [2.24, 2.45) is 4.99 Å². The first-order valence-corrected chi connectivity index (χ1v) is 5.51. The van der Waals surface area contributed by atoms with Crippen LogP contribution in [0.2, 0.25) is 0 Å². The highest BCUT2D eigenvalue weighted by Crippen LogP contribution is 2.29. The molecule has 0 spiro atoms. The molecule has 0 amide bonds. The van der Waals surface area contributed by atoms with E-state index in [9.17, 15) is 0 Å². The number of hydrogen-bond donors (Lipinski definition) is 1. The van der Waals surface area contributed by atoms with Gasteiger partial charge in [-0.15, -0.1) is 0 Å². The van der Waals surface area contributed by atoms with Gasteiger partial charge in [0.1, 0.15) is 0 Å². The van der Waals surface area contributed by atoms with Gasteiger partial charge in [0.25, 0.3) is 0 Å². The maximum Gasteiger partial charge on any atom is 0.0986 e. The minimum atomic E-state index is -0.197. The number of aliphatic imine (C=N–C) groups is 1. The van der Waals surface area contributed by atoms with Crippen molar-refractivity contribution in [3.05, 3.63) is 48.2 Å². The van der Waals surface area contributed by atoms with E-state index in [0.29, 0.717) is 0 Å². The van der Waals surface area contributed by atoms with Crippen molar-refractivity contribution < 1.29 is 0 Å². The van der Waals surface area contributed by atoms with Gasteiger partial charge in [-0.05, 0) is 33.8 Å². The number of nitrogens with zero attached hydrogens (tertiary/aromatic N) is 1. The summed E-state index contributed by atoms with van der Waals surface area (Å²) in [6.45, 7) is 12.0. The Hall–Kier alpha value is -1.57. The molecule has 1 aliphatic rings. The molecule has 1 rings (SSSR count). The SMILES string of the molecule is C=C\C=C1/C(=C\C=C/C)NC(C)=NC1(C)C. The van der Waals surface area contributed by atoms with E-state index in [-0.39, 0.29) is 5.54 Å². The highest BCUT2D eigenvalue weighted by molar-refractivity contribution is 5.85. The molecule has 16 heavy (non-hydrogen) atoms. The van der Waals surface area contributed by atoms with E-state index >= 15 is 0 Å². The monoisotopic (exact) mass is 216 g/mol. The Bertz CT molecular complexity index is 393. The van der Waals surface area contributed by atoms with Crippen molar-refractivity contribution in [3.8, 4) is 0 Å². The van der Waals surface area contributed by atoms with Crippen molar-refractivity contribution in [1.29, 1.82) is 0 Å². The lowest BCUT2D eigenvalue weighted by atomic mass is 9.89. The van der Waals surface area contributed by atoms with Gasteiger partial charge in [0.05, 0.1) is 11.4 Å². The molecule has 1 N–H and O–H groups in total. The van der Waals surface area contributed by atoms with E-state index in [1.54, 1.807) is 6.08 Å². The minimum absolute atomic E-state index is 0.197. The second-order valence-electron chi connectivity index (χ2n) is 4.30. The molecule has 2 nitrogen and oxygen atoms in total. The Labute approximate surface area is 98.2 Å². The normalized spacial score (nSPS) is 24.6. The molecule has 0 aromatic rings. The van der Waals surface area contributed by atoms with E-state index in [2.05, 4.69) is 36.8 Å². The van der Waals surface area contributed by atoms with Gasteiger partial charge in [-0.1, -0.05) is 30.9 Å². The molecule has 0 saturated carbocycles. The molecule has 0 aromatic carbocycles. The fourth-order valence-corrected chi connectivity index (χ4v) is 1.83. The summed E-state index contributed by atoms with van der Waals surface area (Å²) in [6.07, 6.45) is 9.91. The van der Waals surface area contributed by atoms with Gasteiger partial charge in [0, 0.05) is 11.3 Å². The van der Waals surface area contributed by atoms with E-state index in [1.165, 1.54) is 0 Å². The first-order valence-electron chi connectivity index (χ1n) is 5.51. The lowest BCUT2D eigenvalue weighted by molar-refractivity contribution is 0.596. The minimum Gasteiger partial charge on any atom is -0.344 e. The molecule has 1 heterocycles. The van der Waals surface area contributed by atoms with Gasteiger partial charge in [0.15, 0.2) is 0 Å². The summed E-state index contributed by atoms with van der Waals surface area (Å²) in [5.74, 6) is 0.946. The average Bonchev–Trinajstić information content (AvgIpc) is 2.18. The molecule has 1 aliphatic heterocycles. The number of rotatable bonds is 2. The van der Waals surface area contributed by atoms with E-state index < -0.39 is 0 Å². The van der Waals surface area contributed by atoms with Gasteiger partial charge in [-0.2, -0.15) is 0 Å². The van der Waals surface area contributed by atoms with Crippen molar-refractivity contribution >= 4 is 5.84 Å². The van der Waals surface area contributed by atoms with Crippen LogP contribution in [0.5, 0.6) is 0 Å².